The Labute approximate surface area is 99.2 Å². The molecular weight excluding hydrogens is 222 g/mol. The summed E-state index contributed by atoms with van der Waals surface area (Å²) in [6.45, 7) is 0.437. The Morgan fingerprint density at radius 2 is 2.06 bits per heavy atom. The highest BCUT2D eigenvalue weighted by Crippen LogP contribution is 2.24. The molecule has 0 spiro atoms. The van der Waals surface area contributed by atoms with Gasteiger partial charge in [0.05, 0.1) is 0 Å². The first-order valence-electron chi connectivity index (χ1n) is 5.53. The summed E-state index contributed by atoms with van der Waals surface area (Å²) in [5.74, 6) is -2.06. The van der Waals surface area contributed by atoms with Crippen LogP contribution in [0.2, 0.25) is 0 Å². The van der Waals surface area contributed by atoms with Crippen molar-refractivity contribution in [3.8, 4) is 0 Å². The standard InChI is InChI=1S/C12H15NO4/c14-11(13-8-4-7-12(13,15)16)17-9-10-5-2-1-3-6-10/h1-3,5-6,15-16H,4,7-9H2. The molecule has 1 saturated heterocycles. The monoisotopic (exact) mass is 237 g/mol. The lowest BCUT2D eigenvalue weighted by atomic mass is 10.2. The minimum atomic E-state index is -2.06. The molecule has 5 nitrogen and oxygen atoms in total. The number of aliphatic hydroxyl groups is 2. The maximum absolute atomic E-state index is 11.6. The first-order chi connectivity index (χ1) is 8.09. The number of nitrogens with zero attached hydrogens (tertiary/aromatic N) is 1. The molecule has 0 bridgehead atoms. The zero-order valence-electron chi connectivity index (χ0n) is 9.37. The van der Waals surface area contributed by atoms with Crippen LogP contribution in [0.4, 0.5) is 4.79 Å². The Morgan fingerprint density at radius 1 is 1.35 bits per heavy atom. The number of benzene rings is 1. The van der Waals surface area contributed by atoms with Crippen LogP contribution >= 0.6 is 0 Å². The van der Waals surface area contributed by atoms with E-state index in [1.165, 1.54) is 0 Å². The van der Waals surface area contributed by atoms with Crippen molar-refractivity contribution in [2.75, 3.05) is 6.54 Å². The highest BCUT2D eigenvalue weighted by Gasteiger charge is 2.41. The number of carbonyl (C=O) groups is 1. The van der Waals surface area contributed by atoms with Gasteiger partial charge < -0.3 is 14.9 Å². The summed E-state index contributed by atoms with van der Waals surface area (Å²) in [5.41, 5.74) is 0.863. The van der Waals surface area contributed by atoms with Crippen molar-refractivity contribution in [1.82, 2.24) is 4.90 Å². The highest BCUT2D eigenvalue weighted by molar-refractivity contribution is 5.68. The predicted molar refractivity (Wildman–Crippen MR) is 59.7 cm³/mol. The van der Waals surface area contributed by atoms with Gasteiger partial charge in [0.25, 0.3) is 5.91 Å². The van der Waals surface area contributed by atoms with Gasteiger partial charge >= 0.3 is 6.09 Å². The Kier molecular flexibility index (Phi) is 3.31. The molecule has 0 unspecified atom stereocenters. The Hall–Kier alpha value is -1.59. The van der Waals surface area contributed by atoms with Gasteiger partial charge in [0.1, 0.15) is 6.61 Å². The van der Waals surface area contributed by atoms with E-state index in [0.29, 0.717) is 13.0 Å². The molecule has 2 N–H and O–H groups in total. The average Bonchev–Trinajstić information content (AvgIpc) is 2.67. The number of hydrogen-bond donors (Lipinski definition) is 2. The quantitative estimate of drug-likeness (QED) is 0.754. The topological polar surface area (TPSA) is 70.0 Å². The van der Waals surface area contributed by atoms with Crippen molar-refractivity contribution in [3.05, 3.63) is 35.9 Å². The van der Waals surface area contributed by atoms with E-state index in [9.17, 15) is 15.0 Å². The maximum atomic E-state index is 11.6. The van der Waals surface area contributed by atoms with E-state index >= 15 is 0 Å². The predicted octanol–water partition coefficient (Wildman–Crippen LogP) is 1.06. The average molecular weight is 237 g/mol. The molecule has 1 fully saturated rings. The number of likely N-dealkylation sites (tertiary alicyclic amines) is 1. The summed E-state index contributed by atoms with van der Waals surface area (Å²) in [6.07, 6.45) is 0.0253. The molecule has 0 radical (unpaired) electrons. The molecule has 0 aliphatic carbocycles. The molecule has 1 amide bonds. The second-order valence-electron chi connectivity index (χ2n) is 4.07. The molecule has 1 aliphatic heterocycles. The van der Waals surface area contributed by atoms with Crippen molar-refractivity contribution >= 4 is 6.09 Å². The van der Waals surface area contributed by atoms with Crippen LogP contribution in [0, 0.1) is 0 Å². The molecular formula is C12H15NO4. The van der Waals surface area contributed by atoms with Crippen molar-refractivity contribution < 1.29 is 19.7 Å². The van der Waals surface area contributed by atoms with Gasteiger partial charge in [0, 0.05) is 13.0 Å². The summed E-state index contributed by atoms with van der Waals surface area (Å²) >= 11 is 0. The minimum absolute atomic E-state index is 0.131. The third kappa shape index (κ3) is 2.75. The molecule has 5 heteroatoms. The molecule has 1 heterocycles. The van der Waals surface area contributed by atoms with Gasteiger partial charge in [-0.2, -0.15) is 0 Å². The Bertz CT molecular complexity index is 391. The number of rotatable bonds is 2. The zero-order chi connectivity index (χ0) is 12.3. The smallest absolute Gasteiger partial charge is 0.414 e. The molecule has 1 aliphatic rings. The van der Waals surface area contributed by atoms with Crippen LogP contribution in [0.25, 0.3) is 0 Å². The lowest BCUT2D eigenvalue weighted by Gasteiger charge is -2.27. The molecule has 1 aromatic carbocycles. The van der Waals surface area contributed by atoms with Crippen LogP contribution in [-0.2, 0) is 11.3 Å². The van der Waals surface area contributed by atoms with Gasteiger partial charge in [0.2, 0.25) is 0 Å². The number of hydrogen-bond acceptors (Lipinski definition) is 4. The van der Waals surface area contributed by atoms with Crippen LogP contribution in [0.15, 0.2) is 30.3 Å². The van der Waals surface area contributed by atoms with Crippen molar-refractivity contribution in [3.63, 3.8) is 0 Å². The van der Waals surface area contributed by atoms with Crippen LogP contribution in [0.5, 0.6) is 0 Å². The SMILES string of the molecule is O=C(OCc1ccccc1)N1CCCC1(O)O. The van der Waals surface area contributed by atoms with E-state index in [1.807, 2.05) is 30.3 Å². The normalized spacial score (nSPS) is 18.1. The fraction of sp³-hybridized carbons (Fsp3) is 0.417. The zero-order valence-corrected chi connectivity index (χ0v) is 9.37. The first kappa shape index (κ1) is 11.9. The largest absolute Gasteiger partial charge is 0.444 e. The Balaban J connectivity index is 1.90. The maximum Gasteiger partial charge on any atom is 0.414 e. The van der Waals surface area contributed by atoms with Gasteiger partial charge in [0.15, 0.2) is 0 Å². The van der Waals surface area contributed by atoms with Gasteiger partial charge in [-0.1, -0.05) is 30.3 Å². The summed E-state index contributed by atoms with van der Waals surface area (Å²) in [5, 5.41) is 19.0. The van der Waals surface area contributed by atoms with Crippen molar-refractivity contribution in [2.45, 2.75) is 25.4 Å². The molecule has 1 aromatic rings. The van der Waals surface area contributed by atoms with Gasteiger partial charge in [-0.05, 0) is 12.0 Å². The third-order valence-electron chi connectivity index (χ3n) is 2.75. The fourth-order valence-corrected chi connectivity index (χ4v) is 1.82. The van der Waals surface area contributed by atoms with E-state index in [-0.39, 0.29) is 13.0 Å². The summed E-state index contributed by atoms with van der Waals surface area (Å²) in [7, 11) is 0. The fourth-order valence-electron chi connectivity index (χ4n) is 1.82. The molecule has 2 rings (SSSR count). The minimum Gasteiger partial charge on any atom is -0.444 e. The van der Waals surface area contributed by atoms with E-state index in [2.05, 4.69) is 0 Å². The van der Waals surface area contributed by atoms with E-state index < -0.39 is 12.0 Å². The second-order valence-corrected chi connectivity index (χ2v) is 4.07. The van der Waals surface area contributed by atoms with E-state index in [0.717, 1.165) is 10.5 Å². The number of carbonyl (C=O) groups excluding carboxylic acids is 1. The molecule has 0 aromatic heterocycles. The highest BCUT2D eigenvalue weighted by atomic mass is 16.6. The van der Waals surface area contributed by atoms with Crippen molar-refractivity contribution in [1.29, 1.82) is 0 Å². The molecule has 92 valence electrons. The summed E-state index contributed by atoms with van der Waals surface area (Å²) in [4.78, 5) is 12.6. The number of amides is 1. The van der Waals surface area contributed by atoms with E-state index in [1.54, 1.807) is 0 Å². The van der Waals surface area contributed by atoms with Gasteiger partial charge in [-0.25, -0.2) is 4.79 Å². The summed E-state index contributed by atoms with van der Waals surface area (Å²) in [6, 6.07) is 9.24. The summed E-state index contributed by atoms with van der Waals surface area (Å²) < 4.78 is 5.01. The molecule has 0 atom stereocenters. The molecule has 0 saturated carbocycles. The van der Waals surface area contributed by atoms with E-state index in [4.69, 9.17) is 4.74 Å². The van der Waals surface area contributed by atoms with Crippen LogP contribution in [0.3, 0.4) is 0 Å². The second kappa shape index (κ2) is 4.73. The number of ether oxygens (including phenoxy) is 1. The van der Waals surface area contributed by atoms with Crippen LogP contribution in [0.1, 0.15) is 18.4 Å². The lowest BCUT2D eigenvalue weighted by molar-refractivity contribution is -0.231. The third-order valence-corrected chi connectivity index (χ3v) is 2.75. The van der Waals surface area contributed by atoms with Gasteiger partial charge in [-0.3, -0.25) is 4.90 Å². The Morgan fingerprint density at radius 3 is 2.65 bits per heavy atom. The van der Waals surface area contributed by atoms with Crippen molar-refractivity contribution in [2.24, 2.45) is 0 Å². The lowest BCUT2D eigenvalue weighted by Crippen LogP contribution is -2.47. The van der Waals surface area contributed by atoms with Crippen LogP contribution < -0.4 is 0 Å². The van der Waals surface area contributed by atoms with Crippen LogP contribution in [-0.4, -0.2) is 33.7 Å². The van der Waals surface area contributed by atoms with Gasteiger partial charge in [-0.15, -0.1) is 0 Å². The first-order valence-corrected chi connectivity index (χ1v) is 5.53. The molecule has 17 heavy (non-hydrogen) atoms.